The van der Waals surface area contributed by atoms with Crippen LogP contribution in [-0.2, 0) is 4.79 Å². The van der Waals surface area contributed by atoms with Crippen molar-refractivity contribution in [2.45, 2.75) is 43.2 Å². The van der Waals surface area contributed by atoms with Gasteiger partial charge in [0, 0.05) is 12.5 Å². The van der Waals surface area contributed by atoms with Crippen LogP contribution in [-0.4, -0.2) is 68.2 Å². The summed E-state index contributed by atoms with van der Waals surface area (Å²) in [6.07, 6.45) is 2.47. The van der Waals surface area contributed by atoms with E-state index in [-0.39, 0.29) is 6.04 Å². The van der Waals surface area contributed by atoms with Gasteiger partial charge in [-0.15, -0.1) is 12.3 Å². The number of hydrogen-bond donors (Lipinski definition) is 4. The number of fused-ring (bicyclic) bond motifs is 1. The van der Waals surface area contributed by atoms with Gasteiger partial charge in [0.05, 0.1) is 18.2 Å². The summed E-state index contributed by atoms with van der Waals surface area (Å²) < 4.78 is 0. The third-order valence-corrected chi connectivity index (χ3v) is 3.83. The van der Waals surface area contributed by atoms with Gasteiger partial charge in [0.1, 0.15) is 12.0 Å². The summed E-state index contributed by atoms with van der Waals surface area (Å²) >= 11 is 0. The molecule has 0 aromatic heterocycles. The minimum atomic E-state index is -1.43. The number of carboxylic acids is 1. The summed E-state index contributed by atoms with van der Waals surface area (Å²) in [5.41, 5.74) is 0. The van der Waals surface area contributed by atoms with E-state index in [1.165, 1.54) is 0 Å². The zero-order valence-corrected chi connectivity index (χ0v) is 9.81. The molecule has 1 heterocycles. The van der Waals surface area contributed by atoms with Gasteiger partial charge in [-0.3, -0.25) is 9.69 Å². The van der Waals surface area contributed by atoms with Gasteiger partial charge < -0.3 is 20.4 Å². The number of carbonyl (C=O) groups is 1. The summed E-state index contributed by atoms with van der Waals surface area (Å²) in [6.45, 7) is 0.569. The Balaban J connectivity index is 2.07. The smallest absolute Gasteiger partial charge is 0.310 e. The van der Waals surface area contributed by atoms with Crippen molar-refractivity contribution in [3.05, 3.63) is 0 Å². The van der Waals surface area contributed by atoms with Crippen molar-refractivity contribution in [1.82, 2.24) is 4.90 Å². The Bertz CT molecular complexity index is 379. The summed E-state index contributed by atoms with van der Waals surface area (Å²) in [4.78, 5) is 12.9. The van der Waals surface area contributed by atoms with Crippen LogP contribution >= 0.6 is 0 Å². The fraction of sp³-hybridized carbons (Fsp3) is 0.750. The maximum absolute atomic E-state index is 11.1. The molecule has 1 saturated carbocycles. The third kappa shape index (κ3) is 1.99. The highest BCUT2D eigenvalue weighted by atomic mass is 16.4. The third-order valence-electron chi connectivity index (χ3n) is 3.83. The lowest BCUT2D eigenvalue weighted by molar-refractivity contribution is -0.156. The SMILES string of the molecule is C#CCCCN1[C@@H]2[C@H](C(=O)O)[C@@H](O)[C@H](O)[C@@H](O)[C@@H]21. The molecule has 2 fully saturated rings. The lowest BCUT2D eigenvalue weighted by atomic mass is 9.83. The number of hydrogen-bond acceptors (Lipinski definition) is 5. The number of nitrogens with zero attached hydrogens (tertiary/aromatic N) is 1. The summed E-state index contributed by atoms with van der Waals surface area (Å²) in [6, 6.07) is -0.795. The standard InChI is InChI=1S/C12H17NO5/c1-2-3-4-5-13-7-6(12(17)18)9(14)11(16)10(15)8(7)13/h1,6-11,14-16H,3-5H2,(H,17,18)/t6-,7+,8+,9+,10-,11-,13?/m0/s1. The van der Waals surface area contributed by atoms with E-state index >= 15 is 0 Å². The van der Waals surface area contributed by atoms with E-state index in [9.17, 15) is 20.1 Å². The van der Waals surface area contributed by atoms with Gasteiger partial charge in [-0.25, -0.2) is 0 Å². The molecule has 100 valence electrons. The van der Waals surface area contributed by atoms with E-state index in [0.29, 0.717) is 19.4 Å². The Morgan fingerprint density at radius 1 is 1.17 bits per heavy atom. The minimum absolute atomic E-state index is 0.387. The van der Waals surface area contributed by atoms with Crippen molar-refractivity contribution in [1.29, 1.82) is 0 Å². The van der Waals surface area contributed by atoms with E-state index < -0.39 is 36.2 Å². The van der Waals surface area contributed by atoms with Gasteiger partial charge >= 0.3 is 5.97 Å². The zero-order valence-electron chi connectivity index (χ0n) is 9.81. The van der Waals surface area contributed by atoms with E-state index in [0.717, 1.165) is 0 Å². The predicted octanol–water partition coefficient (Wildman–Crippen LogP) is -1.75. The molecule has 1 unspecified atom stereocenters. The number of carboxylic acid groups (broad SMARTS) is 1. The van der Waals surface area contributed by atoms with Crippen LogP contribution in [0, 0.1) is 18.3 Å². The fourth-order valence-electron chi connectivity index (χ4n) is 2.91. The molecule has 18 heavy (non-hydrogen) atoms. The summed E-state index contributed by atoms with van der Waals surface area (Å²) in [7, 11) is 0. The van der Waals surface area contributed by atoms with E-state index in [4.69, 9.17) is 11.5 Å². The largest absolute Gasteiger partial charge is 0.481 e. The van der Waals surface area contributed by atoms with Gasteiger partial charge in [-0.2, -0.15) is 0 Å². The highest BCUT2D eigenvalue weighted by Crippen LogP contribution is 2.44. The number of aliphatic hydroxyl groups is 3. The van der Waals surface area contributed by atoms with E-state index in [1.54, 1.807) is 4.90 Å². The van der Waals surface area contributed by atoms with Crippen molar-refractivity contribution in [2.24, 2.45) is 5.92 Å². The molecule has 0 amide bonds. The molecule has 0 radical (unpaired) electrons. The van der Waals surface area contributed by atoms with Gasteiger partial charge in [0.15, 0.2) is 0 Å². The van der Waals surface area contributed by atoms with Gasteiger partial charge in [-0.1, -0.05) is 0 Å². The van der Waals surface area contributed by atoms with Crippen LogP contribution < -0.4 is 0 Å². The lowest BCUT2D eigenvalue weighted by Gasteiger charge is -2.30. The first kappa shape index (κ1) is 13.3. The topological polar surface area (TPSA) is 101 Å². The molecule has 4 N–H and O–H groups in total. The molecule has 1 aliphatic heterocycles. The number of terminal acetylenes is 1. The maximum Gasteiger partial charge on any atom is 0.310 e. The van der Waals surface area contributed by atoms with Crippen LogP contribution in [0.5, 0.6) is 0 Å². The molecule has 0 aromatic rings. The minimum Gasteiger partial charge on any atom is -0.481 e. The van der Waals surface area contributed by atoms with Crippen molar-refractivity contribution in [3.8, 4) is 12.3 Å². The molecule has 0 bridgehead atoms. The Morgan fingerprint density at radius 3 is 2.39 bits per heavy atom. The van der Waals surface area contributed by atoms with Crippen molar-refractivity contribution in [2.75, 3.05) is 6.54 Å². The molecule has 2 rings (SSSR count). The average molecular weight is 255 g/mol. The lowest BCUT2D eigenvalue weighted by Crippen LogP contribution is -2.53. The molecule has 0 aromatic carbocycles. The second-order valence-electron chi connectivity index (χ2n) is 4.86. The normalized spacial score (nSPS) is 46.0. The van der Waals surface area contributed by atoms with E-state index in [2.05, 4.69) is 5.92 Å². The average Bonchev–Trinajstić information content (AvgIpc) is 3.00. The first-order valence-electron chi connectivity index (χ1n) is 5.97. The fourth-order valence-corrected chi connectivity index (χ4v) is 2.91. The molecule has 6 heteroatoms. The van der Waals surface area contributed by atoms with Crippen LogP contribution in [0.4, 0.5) is 0 Å². The number of unbranched alkanes of at least 4 members (excludes halogenated alkanes) is 1. The predicted molar refractivity (Wildman–Crippen MR) is 61.5 cm³/mol. The molecule has 0 spiro atoms. The Morgan fingerprint density at radius 2 is 1.83 bits per heavy atom. The van der Waals surface area contributed by atoms with Gasteiger partial charge in [-0.05, 0) is 13.0 Å². The molecule has 2 aliphatic rings. The van der Waals surface area contributed by atoms with Crippen molar-refractivity contribution >= 4 is 5.97 Å². The summed E-state index contributed by atoms with van der Waals surface area (Å²) in [5.74, 6) is 0.284. The first-order chi connectivity index (χ1) is 8.50. The second kappa shape index (κ2) is 4.86. The zero-order chi connectivity index (χ0) is 13.4. The van der Waals surface area contributed by atoms with Crippen LogP contribution in [0.3, 0.4) is 0 Å². The molecule has 6 nitrogen and oxygen atoms in total. The van der Waals surface area contributed by atoms with Crippen LogP contribution in [0.1, 0.15) is 12.8 Å². The van der Waals surface area contributed by atoms with E-state index in [1.807, 2.05) is 0 Å². The van der Waals surface area contributed by atoms with Gasteiger partial charge in [0.2, 0.25) is 0 Å². The Kier molecular flexibility index (Phi) is 3.59. The van der Waals surface area contributed by atoms with Crippen LogP contribution in [0.15, 0.2) is 0 Å². The van der Waals surface area contributed by atoms with Crippen LogP contribution in [0.25, 0.3) is 0 Å². The number of rotatable bonds is 4. The quantitative estimate of drug-likeness (QED) is 0.270. The highest BCUT2D eigenvalue weighted by molar-refractivity contribution is 5.73. The maximum atomic E-state index is 11.1. The Labute approximate surface area is 105 Å². The van der Waals surface area contributed by atoms with Crippen molar-refractivity contribution in [3.63, 3.8) is 0 Å². The highest BCUT2D eigenvalue weighted by Gasteiger charge is 2.65. The molecular formula is C12H17NO5. The first-order valence-corrected chi connectivity index (χ1v) is 5.97. The molecule has 1 saturated heterocycles. The number of likely N-dealkylation sites (tertiary alicyclic amines) is 1. The second-order valence-corrected chi connectivity index (χ2v) is 4.86. The Hall–Kier alpha value is -1.13. The van der Waals surface area contributed by atoms with Crippen molar-refractivity contribution < 1.29 is 25.2 Å². The monoisotopic (exact) mass is 255 g/mol. The van der Waals surface area contributed by atoms with Gasteiger partial charge in [0.25, 0.3) is 0 Å². The molecule has 7 atom stereocenters. The summed E-state index contributed by atoms with van der Waals surface area (Å²) in [5, 5.41) is 38.2. The number of aliphatic carboxylic acids is 1. The number of aliphatic hydroxyl groups excluding tert-OH is 3. The molecule has 1 aliphatic carbocycles. The molecular weight excluding hydrogens is 238 g/mol. The van der Waals surface area contributed by atoms with Crippen LogP contribution in [0.2, 0.25) is 0 Å².